The quantitative estimate of drug-likeness (QED) is 0.436. The summed E-state index contributed by atoms with van der Waals surface area (Å²) in [7, 11) is 1.35. The van der Waals surface area contributed by atoms with Crippen molar-refractivity contribution in [1.29, 1.82) is 5.26 Å². The highest BCUT2D eigenvalue weighted by Gasteiger charge is 2.35. The van der Waals surface area contributed by atoms with Crippen LogP contribution in [0.1, 0.15) is 22.4 Å². The van der Waals surface area contributed by atoms with E-state index < -0.39 is 23.4 Å². The first-order valence-electron chi connectivity index (χ1n) is 10.4. The summed E-state index contributed by atoms with van der Waals surface area (Å²) in [5.74, 6) is -0.694. The molecule has 7 nitrogen and oxygen atoms in total. The molecule has 1 N–H and O–H groups in total. The van der Waals surface area contributed by atoms with E-state index >= 15 is 0 Å². The van der Waals surface area contributed by atoms with Gasteiger partial charge in [-0.3, -0.25) is 9.78 Å². The molecule has 36 heavy (non-hydrogen) atoms. The predicted molar refractivity (Wildman–Crippen MR) is 128 cm³/mol. The van der Waals surface area contributed by atoms with Gasteiger partial charge < -0.3 is 14.8 Å². The van der Waals surface area contributed by atoms with E-state index in [1.54, 1.807) is 30.5 Å². The zero-order chi connectivity index (χ0) is 25.7. The summed E-state index contributed by atoms with van der Waals surface area (Å²) >= 11 is 1.16. The number of amidine groups is 1. The molecule has 1 aromatic heterocycles. The SMILES string of the molecule is COc1cc(/C=C2/SC(NCc3ccccn3)=NC2=O)ccc1Oc1ccc(C#N)cc1C(F)(F)F. The lowest BCUT2D eigenvalue weighted by molar-refractivity contribution is -0.138. The maximum absolute atomic E-state index is 13.5. The number of hydrogen-bond donors (Lipinski definition) is 1. The molecule has 0 bridgehead atoms. The van der Waals surface area contributed by atoms with Gasteiger partial charge in [-0.2, -0.15) is 23.4 Å². The normalized spacial score (nSPS) is 14.4. The third-order valence-electron chi connectivity index (χ3n) is 4.89. The molecule has 0 saturated heterocycles. The van der Waals surface area contributed by atoms with Gasteiger partial charge in [0.25, 0.3) is 5.91 Å². The maximum atomic E-state index is 13.5. The van der Waals surface area contributed by atoms with E-state index in [0.717, 1.165) is 29.6 Å². The summed E-state index contributed by atoms with van der Waals surface area (Å²) in [6.45, 7) is 0.405. The van der Waals surface area contributed by atoms with Gasteiger partial charge in [-0.1, -0.05) is 12.1 Å². The first kappa shape index (κ1) is 24.8. The Bertz CT molecular complexity index is 1400. The van der Waals surface area contributed by atoms with Crippen LogP contribution in [0.2, 0.25) is 0 Å². The number of amides is 1. The molecular weight excluding hydrogens is 493 g/mol. The molecule has 0 fully saturated rings. The number of halogens is 3. The second-order valence-electron chi connectivity index (χ2n) is 7.34. The zero-order valence-electron chi connectivity index (χ0n) is 18.7. The van der Waals surface area contributed by atoms with Crippen LogP contribution in [0.25, 0.3) is 6.08 Å². The minimum Gasteiger partial charge on any atom is -0.493 e. The number of ether oxygens (including phenoxy) is 2. The number of methoxy groups -OCH3 is 1. The van der Waals surface area contributed by atoms with Crippen LogP contribution < -0.4 is 14.8 Å². The average molecular weight is 510 g/mol. The largest absolute Gasteiger partial charge is 0.493 e. The summed E-state index contributed by atoms with van der Waals surface area (Å²) in [4.78, 5) is 20.9. The Kier molecular flexibility index (Phi) is 7.26. The second kappa shape index (κ2) is 10.5. The molecule has 11 heteroatoms. The molecule has 2 heterocycles. The Morgan fingerprint density at radius 1 is 1.11 bits per heavy atom. The Hall–Kier alpha value is -4.30. The van der Waals surface area contributed by atoms with E-state index in [9.17, 15) is 18.0 Å². The van der Waals surface area contributed by atoms with Crippen LogP contribution in [0.15, 0.2) is 70.7 Å². The van der Waals surface area contributed by atoms with Crippen molar-refractivity contribution in [2.45, 2.75) is 12.7 Å². The summed E-state index contributed by atoms with van der Waals surface area (Å²) in [5.41, 5.74) is 0.137. The molecule has 0 aliphatic carbocycles. The molecular formula is C25H17F3N4O3S. The van der Waals surface area contributed by atoms with Crippen LogP contribution >= 0.6 is 11.8 Å². The van der Waals surface area contributed by atoms with Gasteiger partial charge in [0.05, 0.1) is 41.4 Å². The predicted octanol–water partition coefficient (Wildman–Crippen LogP) is 5.53. The van der Waals surface area contributed by atoms with Gasteiger partial charge in [0.1, 0.15) is 5.75 Å². The van der Waals surface area contributed by atoms with Gasteiger partial charge >= 0.3 is 6.18 Å². The molecule has 0 atom stereocenters. The molecule has 4 rings (SSSR count). The monoisotopic (exact) mass is 510 g/mol. The van der Waals surface area contributed by atoms with E-state index in [1.165, 1.54) is 25.3 Å². The molecule has 1 aliphatic rings. The van der Waals surface area contributed by atoms with Crippen LogP contribution in [-0.2, 0) is 17.5 Å². The fourth-order valence-electron chi connectivity index (χ4n) is 3.19. The van der Waals surface area contributed by atoms with Gasteiger partial charge in [-0.05, 0) is 65.9 Å². The third kappa shape index (κ3) is 5.84. The first-order chi connectivity index (χ1) is 17.3. The molecule has 0 saturated carbocycles. The highest BCUT2D eigenvalue weighted by Crippen LogP contribution is 2.41. The molecule has 3 aromatic rings. The maximum Gasteiger partial charge on any atom is 0.420 e. The van der Waals surface area contributed by atoms with Crippen LogP contribution in [0.4, 0.5) is 13.2 Å². The van der Waals surface area contributed by atoms with E-state index in [1.807, 2.05) is 12.1 Å². The summed E-state index contributed by atoms with van der Waals surface area (Å²) in [6, 6.07) is 14.8. The summed E-state index contributed by atoms with van der Waals surface area (Å²) < 4.78 is 51.2. The number of carbonyl (C=O) groups excluding carboxylic acids is 1. The van der Waals surface area contributed by atoms with Gasteiger partial charge in [0.15, 0.2) is 16.7 Å². The average Bonchev–Trinajstić information content (AvgIpc) is 3.22. The van der Waals surface area contributed by atoms with Crippen molar-refractivity contribution in [3.63, 3.8) is 0 Å². The molecule has 1 aliphatic heterocycles. The number of nitriles is 1. The number of pyridine rings is 1. The number of nitrogens with zero attached hydrogens (tertiary/aromatic N) is 3. The van der Waals surface area contributed by atoms with Crippen LogP contribution in [0, 0.1) is 11.3 Å². The van der Waals surface area contributed by atoms with E-state index in [2.05, 4.69) is 15.3 Å². The number of carbonyl (C=O) groups is 1. The van der Waals surface area contributed by atoms with Crippen LogP contribution in [-0.4, -0.2) is 23.2 Å². The van der Waals surface area contributed by atoms with Crippen molar-refractivity contribution in [2.75, 3.05) is 7.11 Å². The lowest BCUT2D eigenvalue weighted by atomic mass is 10.1. The van der Waals surface area contributed by atoms with E-state index in [0.29, 0.717) is 22.2 Å². The van der Waals surface area contributed by atoms with Crippen molar-refractivity contribution in [3.8, 4) is 23.3 Å². The molecule has 0 spiro atoms. The molecule has 1 amide bonds. The Morgan fingerprint density at radius 3 is 2.61 bits per heavy atom. The van der Waals surface area contributed by atoms with Gasteiger partial charge in [0.2, 0.25) is 0 Å². The van der Waals surface area contributed by atoms with Crippen molar-refractivity contribution in [2.24, 2.45) is 4.99 Å². The second-order valence-corrected chi connectivity index (χ2v) is 8.37. The Labute approximate surface area is 208 Å². The highest BCUT2D eigenvalue weighted by molar-refractivity contribution is 8.18. The van der Waals surface area contributed by atoms with E-state index in [4.69, 9.17) is 14.7 Å². The van der Waals surface area contributed by atoms with Crippen molar-refractivity contribution in [1.82, 2.24) is 10.3 Å². The van der Waals surface area contributed by atoms with Gasteiger partial charge in [-0.15, -0.1) is 0 Å². The van der Waals surface area contributed by atoms with Gasteiger partial charge in [0, 0.05) is 6.20 Å². The topological polar surface area (TPSA) is 96.6 Å². The third-order valence-corrected chi connectivity index (χ3v) is 5.83. The minimum absolute atomic E-state index is 0.0363. The van der Waals surface area contributed by atoms with Crippen LogP contribution in [0.3, 0.4) is 0 Å². The Morgan fingerprint density at radius 2 is 1.92 bits per heavy atom. The number of nitrogens with one attached hydrogen (secondary N) is 1. The molecule has 0 unspecified atom stereocenters. The number of benzene rings is 2. The number of aliphatic imine (C=N–C) groups is 1. The lowest BCUT2D eigenvalue weighted by Gasteiger charge is -2.16. The summed E-state index contributed by atoms with van der Waals surface area (Å²) in [6.07, 6.45) is -1.45. The Balaban J connectivity index is 1.51. The zero-order valence-corrected chi connectivity index (χ0v) is 19.5. The number of rotatable bonds is 6. The van der Waals surface area contributed by atoms with Crippen molar-refractivity contribution < 1.29 is 27.4 Å². The van der Waals surface area contributed by atoms with Gasteiger partial charge in [-0.25, -0.2) is 0 Å². The number of alkyl halides is 3. The number of hydrogen-bond acceptors (Lipinski definition) is 7. The smallest absolute Gasteiger partial charge is 0.420 e. The van der Waals surface area contributed by atoms with Crippen LogP contribution in [0.5, 0.6) is 17.2 Å². The summed E-state index contributed by atoms with van der Waals surface area (Å²) in [5, 5.41) is 12.4. The first-order valence-corrected chi connectivity index (χ1v) is 11.2. The minimum atomic E-state index is -4.72. The molecule has 2 aromatic carbocycles. The molecule has 0 radical (unpaired) electrons. The van der Waals surface area contributed by atoms with Crippen molar-refractivity contribution in [3.05, 3.63) is 88.1 Å². The highest BCUT2D eigenvalue weighted by atomic mass is 32.2. The standard InChI is InChI=1S/C25H17F3N4O3S/c1-34-21-11-15(12-22-23(33)32-24(36-22)31-14-17-4-2-3-9-30-17)5-8-20(21)35-19-7-6-16(13-29)10-18(19)25(26,27)28/h2-12H,14H2,1H3,(H,31,32,33)/b22-12+. The van der Waals surface area contributed by atoms with Crippen molar-refractivity contribution >= 4 is 28.9 Å². The fraction of sp³-hybridized carbons (Fsp3) is 0.120. The number of thioether (sulfide) groups is 1. The number of aromatic nitrogens is 1. The lowest BCUT2D eigenvalue weighted by Crippen LogP contribution is -2.18. The molecule has 182 valence electrons. The fourth-order valence-corrected chi connectivity index (χ4v) is 4.00. The van der Waals surface area contributed by atoms with E-state index in [-0.39, 0.29) is 17.1 Å².